The largest absolute Gasteiger partial charge is 0.352 e. The predicted octanol–water partition coefficient (Wildman–Crippen LogP) is 7.19. The van der Waals surface area contributed by atoms with Gasteiger partial charge in [0.15, 0.2) is 0 Å². The zero-order valence-electron chi connectivity index (χ0n) is 18.0. The van der Waals surface area contributed by atoms with Gasteiger partial charge in [0, 0.05) is 39.2 Å². The molecule has 0 saturated heterocycles. The summed E-state index contributed by atoms with van der Waals surface area (Å²) in [4.78, 5) is 17.1. The van der Waals surface area contributed by atoms with Gasteiger partial charge >= 0.3 is 0 Å². The second kappa shape index (κ2) is 11.1. The van der Waals surface area contributed by atoms with Crippen molar-refractivity contribution < 1.29 is 4.79 Å². The minimum atomic E-state index is -0.0786. The third kappa shape index (κ3) is 5.89. The highest BCUT2D eigenvalue weighted by Crippen LogP contribution is 2.28. The number of hydrogen-bond donors (Lipinski definition) is 1. The van der Waals surface area contributed by atoms with Gasteiger partial charge in [-0.25, -0.2) is 4.98 Å². The van der Waals surface area contributed by atoms with E-state index in [2.05, 4.69) is 16.0 Å². The summed E-state index contributed by atoms with van der Waals surface area (Å²) < 4.78 is 2.20. The summed E-state index contributed by atoms with van der Waals surface area (Å²) in [5, 5.41) is 4.89. The van der Waals surface area contributed by atoms with Gasteiger partial charge in [0.05, 0.1) is 17.6 Å². The quantitative estimate of drug-likeness (QED) is 0.247. The Balaban J connectivity index is 1.35. The van der Waals surface area contributed by atoms with Crippen molar-refractivity contribution in [2.75, 3.05) is 6.54 Å². The van der Waals surface area contributed by atoms with Crippen molar-refractivity contribution in [2.24, 2.45) is 0 Å². The number of hydrogen-bond acceptors (Lipinski definition) is 2. The third-order valence-corrected chi connectivity index (χ3v) is 6.54. The van der Waals surface area contributed by atoms with Gasteiger partial charge in [-0.05, 0) is 61.4 Å². The molecule has 7 heteroatoms. The first-order valence-electron chi connectivity index (χ1n) is 10.9. The minimum absolute atomic E-state index is 0.0786. The zero-order valence-corrected chi connectivity index (χ0v) is 20.3. The number of aromatic nitrogens is 2. The van der Waals surface area contributed by atoms with E-state index in [0.717, 1.165) is 48.1 Å². The molecule has 0 saturated carbocycles. The Morgan fingerprint density at radius 2 is 1.58 bits per heavy atom. The van der Waals surface area contributed by atoms with Crippen LogP contribution in [-0.2, 0) is 13.0 Å². The minimum Gasteiger partial charge on any atom is -0.352 e. The fraction of sp³-hybridized carbons (Fsp3) is 0.231. The summed E-state index contributed by atoms with van der Waals surface area (Å²) in [5.74, 6) is 0.933. The standard InChI is InChI=1S/C26H24Cl3N3O/c27-19-14-12-18(13-15-19)26(33)30-16-5-1-2-11-25-31-23-9-3-4-10-24(23)32(25)17-20-21(28)7-6-8-22(20)29/h3-4,6-10,12-15H,1-2,5,11,16-17H2,(H,30,33). The maximum absolute atomic E-state index is 12.2. The van der Waals surface area contributed by atoms with E-state index in [1.54, 1.807) is 24.3 Å². The topological polar surface area (TPSA) is 46.9 Å². The molecule has 1 heterocycles. The van der Waals surface area contributed by atoms with Crippen LogP contribution in [0.2, 0.25) is 15.1 Å². The van der Waals surface area contributed by atoms with E-state index < -0.39 is 0 Å². The van der Waals surface area contributed by atoms with Gasteiger partial charge in [-0.15, -0.1) is 0 Å². The van der Waals surface area contributed by atoms with Crippen molar-refractivity contribution in [3.8, 4) is 0 Å². The normalized spacial score (nSPS) is 11.1. The van der Waals surface area contributed by atoms with E-state index in [0.29, 0.717) is 33.7 Å². The summed E-state index contributed by atoms with van der Waals surface area (Å²) in [5.41, 5.74) is 3.55. The number of nitrogens with one attached hydrogen (secondary N) is 1. The lowest BCUT2D eigenvalue weighted by Gasteiger charge is -2.12. The van der Waals surface area contributed by atoms with Crippen molar-refractivity contribution in [1.29, 1.82) is 0 Å². The van der Waals surface area contributed by atoms with Gasteiger partial charge < -0.3 is 9.88 Å². The first kappa shape index (κ1) is 23.6. The van der Waals surface area contributed by atoms with E-state index in [-0.39, 0.29) is 5.91 Å². The molecule has 33 heavy (non-hydrogen) atoms. The molecule has 0 radical (unpaired) electrons. The number of rotatable bonds is 9. The SMILES string of the molecule is O=C(NCCCCCc1nc2ccccc2n1Cc1c(Cl)cccc1Cl)c1ccc(Cl)cc1. The lowest BCUT2D eigenvalue weighted by Crippen LogP contribution is -2.24. The molecule has 0 spiro atoms. The van der Waals surface area contributed by atoms with E-state index >= 15 is 0 Å². The predicted molar refractivity (Wildman–Crippen MR) is 137 cm³/mol. The fourth-order valence-corrected chi connectivity index (χ4v) is 4.47. The number of carbonyl (C=O) groups excluding carboxylic acids is 1. The smallest absolute Gasteiger partial charge is 0.251 e. The van der Waals surface area contributed by atoms with E-state index in [1.165, 1.54) is 0 Å². The van der Waals surface area contributed by atoms with Gasteiger partial charge in [-0.1, -0.05) is 59.4 Å². The Morgan fingerprint density at radius 3 is 2.33 bits per heavy atom. The van der Waals surface area contributed by atoms with Gasteiger partial charge in [0.2, 0.25) is 0 Å². The molecule has 0 aliphatic carbocycles. The second-order valence-electron chi connectivity index (χ2n) is 7.88. The maximum atomic E-state index is 12.2. The lowest BCUT2D eigenvalue weighted by atomic mass is 10.1. The van der Waals surface area contributed by atoms with Crippen molar-refractivity contribution in [2.45, 2.75) is 32.2 Å². The zero-order chi connectivity index (χ0) is 23.2. The highest BCUT2D eigenvalue weighted by molar-refractivity contribution is 6.36. The number of aryl methyl sites for hydroxylation is 1. The van der Waals surface area contributed by atoms with Crippen molar-refractivity contribution in [1.82, 2.24) is 14.9 Å². The highest BCUT2D eigenvalue weighted by atomic mass is 35.5. The Bertz CT molecular complexity index is 1230. The number of benzene rings is 3. The van der Waals surface area contributed by atoms with Crippen molar-refractivity contribution in [3.63, 3.8) is 0 Å². The monoisotopic (exact) mass is 499 g/mol. The summed E-state index contributed by atoms with van der Waals surface area (Å²) >= 11 is 18.7. The Morgan fingerprint density at radius 1 is 0.848 bits per heavy atom. The first-order valence-corrected chi connectivity index (χ1v) is 12.1. The van der Waals surface area contributed by atoms with E-state index in [9.17, 15) is 4.79 Å². The van der Waals surface area contributed by atoms with Crippen LogP contribution in [0.4, 0.5) is 0 Å². The Kier molecular flexibility index (Phi) is 7.92. The van der Waals surface area contributed by atoms with Crippen LogP contribution in [0.1, 0.15) is 41.0 Å². The van der Waals surface area contributed by atoms with Crippen LogP contribution in [0.5, 0.6) is 0 Å². The van der Waals surface area contributed by atoms with Crippen LogP contribution in [0.25, 0.3) is 11.0 Å². The number of nitrogens with zero attached hydrogens (tertiary/aromatic N) is 2. The van der Waals surface area contributed by atoms with Crippen LogP contribution in [-0.4, -0.2) is 22.0 Å². The second-order valence-corrected chi connectivity index (χ2v) is 9.13. The van der Waals surface area contributed by atoms with Gasteiger partial charge in [-0.2, -0.15) is 0 Å². The fourth-order valence-electron chi connectivity index (χ4n) is 3.82. The Hall–Kier alpha value is -2.53. The molecule has 1 amide bonds. The average molecular weight is 501 g/mol. The molecule has 0 unspecified atom stereocenters. The van der Waals surface area contributed by atoms with Crippen LogP contribution >= 0.6 is 34.8 Å². The molecular formula is C26H24Cl3N3O. The molecule has 4 aromatic rings. The molecule has 3 aromatic carbocycles. The molecule has 4 nitrogen and oxygen atoms in total. The Labute approximate surface area is 208 Å². The van der Waals surface area contributed by atoms with Crippen molar-refractivity contribution >= 4 is 51.7 Å². The molecular weight excluding hydrogens is 477 g/mol. The van der Waals surface area contributed by atoms with Crippen LogP contribution in [0.15, 0.2) is 66.7 Å². The van der Waals surface area contributed by atoms with Crippen LogP contribution in [0, 0.1) is 0 Å². The average Bonchev–Trinajstić information content (AvgIpc) is 3.16. The molecule has 0 fully saturated rings. The third-order valence-electron chi connectivity index (χ3n) is 5.58. The lowest BCUT2D eigenvalue weighted by molar-refractivity contribution is 0.0953. The van der Waals surface area contributed by atoms with Gasteiger partial charge in [0.25, 0.3) is 5.91 Å². The molecule has 4 rings (SSSR count). The number of imidazole rings is 1. The van der Waals surface area contributed by atoms with Crippen LogP contribution in [0.3, 0.4) is 0 Å². The van der Waals surface area contributed by atoms with E-state index in [4.69, 9.17) is 39.8 Å². The number of unbranched alkanes of at least 4 members (excludes halogenated alkanes) is 2. The highest BCUT2D eigenvalue weighted by Gasteiger charge is 2.14. The molecule has 0 aliphatic heterocycles. The number of amides is 1. The molecule has 0 aliphatic rings. The van der Waals surface area contributed by atoms with E-state index in [1.807, 2.05) is 36.4 Å². The molecule has 170 valence electrons. The summed E-state index contributed by atoms with van der Waals surface area (Å²) in [6, 6.07) is 20.6. The number of carbonyl (C=O) groups is 1. The summed E-state index contributed by atoms with van der Waals surface area (Å²) in [6.07, 6.45) is 3.69. The molecule has 0 atom stereocenters. The number of halogens is 3. The van der Waals surface area contributed by atoms with Crippen molar-refractivity contribution in [3.05, 3.63) is 98.7 Å². The molecule has 0 bridgehead atoms. The number of para-hydroxylation sites is 2. The van der Waals surface area contributed by atoms with Crippen LogP contribution < -0.4 is 5.32 Å². The number of fused-ring (bicyclic) bond motifs is 1. The summed E-state index contributed by atoms with van der Waals surface area (Å²) in [6.45, 7) is 1.21. The van der Waals surface area contributed by atoms with Gasteiger partial charge in [-0.3, -0.25) is 4.79 Å². The molecule has 1 N–H and O–H groups in total. The van der Waals surface area contributed by atoms with Gasteiger partial charge in [0.1, 0.15) is 5.82 Å². The summed E-state index contributed by atoms with van der Waals surface area (Å²) in [7, 11) is 0. The maximum Gasteiger partial charge on any atom is 0.251 e. The first-order chi connectivity index (χ1) is 16.0. The molecule has 1 aromatic heterocycles.